The van der Waals surface area contributed by atoms with Crippen LogP contribution in [0.15, 0.2) is 6.20 Å². The Morgan fingerprint density at radius 1 is 1.26 bits per heavy atom. The van der Waals surface area contributed by atoms with Gasteiger partial charge < -0.3 is 24.0 Å². The highest BCUT2D eigenvalue weighted by molar-refractivity contribution is 5.54. The zero-order valence-electron chi connectivity index (χ0n) is 13.7. The molecule has 126 valence electrons. The van der Waals surface area contributed by atoms with Gasteiger partial charge in [0.25, 0.3) is 0 Å². The molecular formula is C15H23N5O3. The lowest BCUT2D eigenvalue weighted by atomic mass is 10.3. The van der Waals surface area contributed by atoms with Gasteiger partial charge in [-0.05, 0) is 0 Å². The summed E-state index contributed by atoms with van der Waals surface area (Å²) >= 11 is 0. The minimum Gasteiger partial charge on any atom is -0.383 e. The van der Waals surface area contributed by atoms with Gasteiger partial charge in [0, 0.05) is 40.4 Å². The van der Waals surface area contributed by atoms with Crippen LogP contribution >= 0.6 is 0 Å². The Bertz CT molecular complexity index is 520. The maximum atomic E-state index is 9.46. The molecule has 1 fully saturated rings. The summed E-state index contributed by atoms with van der Waals surface area (Å²) in [6.07, 6.45) is 1.72. The lowest BCUT2D eigenvalue weighted by molar-refractivity contribution is 0.122. The van der Waals surface area contributed by atoms with Crippen molar-refractivity contribution in [1.82, 2.24) is 9.97 Å². The minimum absolute atomic E-state index is 0.321. The smallest absolute Gasteiger partial charge is 0.185 e. The minimum atomic E-state index is 0.321. The second-order valence-electron chi connectivity index (χ2n) is 5.08. The third kappa shape index (κ3) is 4.76. The van der Waals surface area contributed by atoms with Gasteiger partial charge in [0.05, 0.1) is 32.6 Å². The molecular weight excluding hydrogens is 298 g/mol. The van der Waals surface area contributed by atoms with E-state index in [-0.39, 0.29) is 0 Å². The molecule has 2 rings (SSSR count). The zero-order valence-corrected chi connectivity index (χ0v) is 13.7. The SMILES string of the molecule is COCCN(CCOC)c1ncc(N2CCOCC2)nc1C#N. The third-order valence-corrected chi connectivity index (χ3v) is 3.61. The lowest BCUT2D eigenvalue weighted by Crippen LogP contribution is -2.37. The van der Waals surface area contributed by atoms with E-state index in [0.29, 0.717) is 56.8 Å². The molecule has 0 bridgehead atoms. The molecule has 0 N–H and O–H groups in total. The Labute approximate surface area is 136 Å². The molecule has 1 aliphatic rings. The van der Waals surface area contributed by atoms with Gasteiger partial charge in [-0.25, -0.2) is 9.97 Å². The molecule has 1 saturated heterocycles. The number of ether oxygens (including phenoxy) is 3. The van der Waals surface area contributed by atoms with Gasteiger partial charge in [0.15, 0.2) is 11.5 Å². The van der Waals surface area contributed by atoms with Gasteiger partial charge in [-0.2, -0.15) is 5.26 Å². The Kier molecular flexibility index (Phi) is 7.00. The van der Waals surface area contributed by atoms with E-state index in [1.165, 1.54) is 0 Å². The molecule has 0 atom stereocenters. The molecule has 0 unspecified atom stereocenters. The fourth-order valence-electron chi connectivity index (χ4n) is 2.35. The Hall–Kier alpha value is -1.95. The monoisotopic (exact) mass is 321 g/mol. The van der Waals surface area contributed by atoms with Crippen molar-refractivity contribution in [2.75, 3.05) is 76.6 Å². The first-order valence-electron chi connectivity index (χ1n) is 7.62. The molecule has 1 aromatic heterocycles. The van der Waals surface area contributed by atoms with E-state index in [9.17, 15) is 5.26 Å². The average molecular weight is 321 g/mol. The highest BCUT2D eigenvalue weighted by Crippen LogP contribution is 2.20. The molecule has 0 spiro atoms. The van der Waals surface area contributed by atoms with Crippen molar-refractivity contribution in [1.29, 1.82) is 5.26 Å². The number of aromatic nitrogens is 2. The van der Waals surface area contributed by atoms with Crippen molar-refractivity contribution in [2.45, 2.75) is 0 Å². The second-order valence-corrected chi connectivity index (χ2v) is 5.08. The van der Waals surface area contributed by atoms with Crippen LogP contribution in [0.1, 0.15) is 5.69 Å². The van der Waals surface area contributed by atoms with E-state index < -0.39 is 0 Å². The van der Waals surface area contributed by atoms with Crippen molar-refractivity contribution in [3.63, 3.8) is 0 Å². The summed E-state index contributed by atoms with van der Waals surface area (Å²) in [6.45, 7) is 5.19. The lowest BCUT2D eigenvalue weighted by Gasteiger charge is -2.29. The van der Waals surface area contributed by atoms with Crippen LogP contribution < -0.4 is 9.80 Å². The molecule has 0 aliphatic carbocycles. The largest absolute Gasteiger partial charge is 0.383 e. The molecule has 0 amide bonds. The highest BCUT2D eigenvalue weighted by Gasteiger charge is 2.18. The van der Waals surface area contributed by atoms with Crippen LogP contribution in [0.2, 0.25) is 0 Å². The summed E-state index contributed by atoms with van der Waals surface area (Å²) < 4.78 is 15.6. The quantitative estimate of drug-likeness (QED) is 0.675. The van der Waals surface area contributed by atoms with E-state index >= 15 is 0 Å². The highest BCUT2D eigenvalue weighted by atomic mass is 16.5. The van der Waals surface area contributed by atoms with Crippen molar-refractivity contribution in [2.24, 2.45) is 0 Å². The van der Waals surface area contributed by atoms with Crippen LogP contribution in [0.4, 0.5) is 11.6 Å². The van der Waals surface area contributed by atoms with Crippen molar-refractivity contribution in [3.8, 4) is 6.07 Å². The molecule has 0 saturated carbocycles. The van der Waals surface area contributed by atoms with Gasteiger partial charge in [-0.15, -0.1) is 0 Å². The summed E-state index contributed by atoms with van der Waals surface area (Å²) in [7, 11) is 3.29. The van der Waals surface area contributed by atoms with Gasteiger partial charge >= 0.3 is 0 Å². The Morgan fingerprint density at radius 3 is 2.48 bits per heavy atom. The number of rotatable bonds is 8. The van der Waals surface area contributed by atoms with Crippen LogP contribution in [0.25, 0.3) is 0 Å². The van der Waals surface area contributed by atoms with Crippen molar-refractivity contribution < 1.29 is 14.2 Å². The number of anilines is 2. The molecule has 1 aromatic rings. The molecule has 8 heteroatoms. The van der Waals surface area contributed by atoms with Gasteiger partial charge in [-0.1, -0.05) is 0 Å². The summed E-state index contributed by atoms with van der Waals surface area (Å²) in [6, 6.07) is 2.15. The number of hydrogen-bond donors (Lipinski definition) is 0. The zero-order chi connectivity index (χ0) is 16.5. The van der Waals surface area contributed by atoms with E-state index in [4.69, 9.17) is 14.2 Å². The van der Waals surface area contributed by atoms with Crippen molar-refractivity contribution >= 4 is 11.6 Å². The second kappa shape index (κ2) is 9.25. The summed E-state index contributed by atoms with van der Waals surface area (Å²) in [5.41, 5.74) is 0.321. The standard InChI is InChI=1S/C15H23N5O3/c1-21-7-3-20(4-8-22-2)15-13(11-16)18-14(12-17-15)19-5-9-23-10-6-19/h12H,3-10H2,1-2H3. The maximum Gasteiger partial charge on any atom is 0.185 e. The third-order valence-electron chi connectivity index (χ3n) is 3.61. The molecule has 1 aliphatic heterocycles. The van der Waals surface area contributed by atoms with Crippen LogP contribution in [0, 0.1) is 11.3 Å². The molecule has 0 aromatic carbocycles. The summed E-state index contributed by atoms with van der Waals surface area (Å²) in [4.78, 5) is 13.0. The van der Waals surface area contributed by atoms with E-state index in [2.05, 4.69) is 20.9 Å². The molecule has 2 heterocycles. The average Bonchev–Trinajstić information content (AvgIpc) is 2.62. The number of morpholine rings is 1. The predicted molar refractivity (Wildman–Crippen MR) is 85.7 cm³/mol. The molecule has 23 heavy (non-hydrogen) atoms. The van der Waals surface area contributed by atoms with E-state index in [1.807, 2.05) is 4.90 Å². The van der Waals surface area contributed by atoms with Crippen LogP contribution in [0.3, 0.4) is 0 Å². The topological polar surface area (TPSA) is 83.7 Å². The van der Waals surface area contributed by atoms with E-state index in [0.717, 1.165) is 13.1 Å². The normalized spacial score (nSPS) is 14.6. The fourth-order valence-corrected chi connectivity index (χ4v) is 2.35. The summed E-state index contributed by atoms with van der Waals surface area (Å²) in [5.74, 6) is 1.28. The van der Waals surface area contributed by atoms with Crippen LogP contribution in [-0.4, -0.2) is 76.8 Å². The fraction of sp³-hybridized carbons (Fsp3) is 0.667. The van der Waals surface area contributed by atoms with Gasteiger partial charge in [0.1, 0.15) is 11.9 Å². The predicted octanol–water partition coefficient (Wildman–Crippen LogP) is 0.284. The number of hydrogen-bond acceptors (Lipinski definition) is 8. The summed E-state index contributed by atoms with van der Waals surface area (Å²) in [5, 5.41) is 9.46. The number of nitrogens with zero attached hydrogens (tertiary/aromatic N) is 5. The maximum absolute atomic E-state index is 9.46. The number of methoxy groups -OCH3 is 2. The first-order valence-corrected chi connectivity index (χ1v) is 7.62. The first-order chi connectivity index (χ1) is 11.3. The van der Waals surface area contributed by atoms with Gasteiger partial charge in [-0.3, -0.25) is 0 Å². The number of nitriles is 1. The Balaban J connectivity index is 2.20. The first kappa shape index (κ1) is 17.4. The Morgan fingerprint density at radius 2 is 1.91 bits per heavy atom. The van der Waals surface area contributed by atoms with Crippen LogP contribution in [-0.2, 0) is 14.2 Å². The molecule has 8 nitrogen and oxygen atoms in total. The van der Waals surface area contributed by atoms with E-state index in [1.54, 1.807) is 20.4 Å². The van der Waals surface area contributed by atoms with Crippen molar-refractivity contribution in [3.05, 3.63) is 11.9 Å². The van der Waals surface area contributed by atoms with Gasteiger partial charge in [0.2, 0.25) is 0 Å². The van der Waals surface area contributed by atoms with Crippen LogP contribution in [0.5, 0.6) is 0 Å². The molecule has 0 radical (unpaired) electrons.